The number of hydrogen-bond donors (Lipinski definition) is 0. The van der Waals surface area contributed by atoms with Gasteiger partial charge in [0, 0.05) is 51.4 Å². The van der Waals surface area contributed by atoms with E-state index < -0.39 is 0 Å². The molecule has 2 rings (SSSR count). The molecule has 0 saturated carbocycles. The van der Waals surface area contributed by atoms with Crippen molar-refractivity contribution in [2.45, 2.75) is 65.1 Å². The van der Waals surface area contributed by atoms with Crippen molar-refractivity contribution in [3.63, 3.8) is 0 Å². The maximum atomic E-state index is 4.53. The van der Waals surface area contributed by atoms with Crippen LogP contribution in [0.4, 0.5) is 0 Å². The highest BCUT2D eigenvalue weighted by Gasteiger charge is 2.23. The Morgan fingerprint density at radius 1 is 1.10 bits per heavy atom. The highest BCUT2D eigenvalue weighted by Crippen LogP contribution is 2.19. The van der Waals surface area contributed by atoms with E-state index in [-0.39, 0.29) is 0 Å². The van der Waals surface area contributed by atoms with Crippen LogP contribution in [0.2, 0.25) is 0 Å². The Morgan fingerprint density at radius 3 is 2.71 bits per heavy atom. The number of hydrogen-bond acceptors (Lipinski definition) is 3. The van der Waals surface area contributed by atoms with Gasteiger partial charge in [-0.05, 0) is 19.3 Å². The fraction of sp³-hybridized carbons (Fsp3) is 0.706. The van der Waals surface area contributed by atoms with Crippen molar-refractivity contribution in [3.05, 3.63) is 30.6 Å². The lowest BCUT2D eigenvalue weighted by Gasteiger charge is -2.30. The monoisotopic (exact) mass is 290 g/mol. The van der Waals surface area contributed by atoms with Gasteiger partial charge in [-0.25, -0.2) is 4.98 Å². The SMILES string of the molecule is CCCCCN1C=CN(C)C1CCc1nccn1CCC. The van der Waals surface area contributed by atoms with Gasteiger partial charge < -0.3 is 14.4 Å². The molecule has 0 N–H and O–H groups in total. The Hall–Kier alpha value is -1.45. The van der Waals surface area contributed by atoms with Crippen molar-refractivity contribution >= 4 is 0 Å². The average molecular weight is 290 g/mol. The summed E-state index contributed by atoms with van der Waals surface area (Å²) in [4.78, 5) is 9.35. The number of rotatable bonds is 9. The van der Waals surface area contributed by atoms with E-state index in [0.717, 1.165) is 25.8 Å². The van der Waals surface area contributed by atoms with Crippen LogP contribution in [-0.2, 0) is 13.0 Å². The van der Waals surface area contributed by atoms with Crippen LogP contribution in [0, 0.1) is 0 Å². The van der Waals surface area contributed by atoms with Gasteiger partial charge in [0.15, 0.2) is 0 Å². The molecule has 0 spiro atoms. The van der Waals surface area contributed by atoms with Gasteiger partial charge in [0.1, 0.15) is 12.0 Å². The molecule has 4 nitrogen and oxygen atoms in total. The summed E-state index contributed by atoms with van der Waals surface area (Å²) >= 11 is 0. The predicted molar refractivity (Wildman–Crippen MR) is 87.8 cm³/mol. The second-order valence-electron chi connectivity index (χ2n) is 5.96. The summed E-state index contributed by atoms with van der Waals surface area (Å²) in [7, 11) is 2.18. The third-order valence-electron chi connectivity index (χ3n) is 4.26. The van der Waals surface area contributed by atoms with Gasteiger partial charge >= 0.3 is 0 Å². The standard InChI is InChI=1S/C17H30N4/c1-4-6-7-12-21-15-14-19(3)17(21)9-8-16-18-10-13-20(16)11-5-2/h10,13-15,17H,4-9,11-12H2,1-3H3. The molecule has 0 radical (unpaired) electrons. The van der Waals surface area contributed by atoms with E-state index in [4.69, 9.17) is 0 Å². The summed E-state index contributed by atoms with van der Waals surface area (Å²) in [6, 6.07) is 0. The minimum atomic E-state index is 0.494. The van der Waals surface area contributed by atoms with Gasteiger partial charge in [-0.1, -0.05) is 26.7 Å². The molecule has 0 aliphatic carbocycles. The molecule has 2 heterocycles. The molecule has 1 unspecified atom stereocenters. The number of unbranched alkanes of at least 4 members (excludes halogenated alkanes) is 2. The minimum Gasteiger partial charge on any atom is -0.359 e. The van der Waals surface area contributed by atoms with Crippen LogP contribution in [0.5, 0.6) is 0 Å². The first-order chi connectivity index (χ1) is 10.3. The van der Waals surface area contributed by atoms with E-state index in [1.165, 1.54) is 31.6 Å². The molecule has 0 saturated heterocycles. The fourth-order valence-corrected chi connectivity index (χ4v) is 3.03. The maximum absolute atomic E-state index is 4.53. The molecular weight excluding hydrogens is 260 g/mol. The summed E-state index contributed by atoms with van der Waals surface area (Å²) < 4.78 is 2.30. The van der Waals surface area contributed by atoms with Crippen LogP contribution in [-0.4, -0.2) is 39.1 Å². The van der Waals surface area contributed by atoms with Crippen molar-refractivity contribution in [2.75, 3.05) is 13.6 Å². The van der Waals surface area contributed by atoms with Gasteiger partial charge in [-0.15, -0.1) is 0 Å². The molecule has 0 fully saturated rings. The Morgan fingerprint density at radius 2 is 1.95 bits per heavy atom. The molecule has 1 aliphatic rings. The van der Waals surface area contributed by atoms with Crippen LogP contribution >= 0.6 is 0 Å². The van der Waals surface area contributed by atoms with E-state index in [1.807, 2.05) is 6.20 Å². The predicted octanol–water partition coefficient (Wildman–Crippen LogP) is 3.46. The van der Waals surface area contributed by atoms with Crippen LogP contribution in [0.3, 0.4) is 0 Å². The van der Waals surface area contributed by atoms with Gasteiger partial charge in [0.05, 0.1) is 0 Å². The van der Waals surface area contributed by atoms with Crippen LogP contribution in [0.25, 0.3) is 0 Å². The van der Waals surface area contributed by atoms with Gasteiger partial charge in [0.2, 0.25) is 0 Å². The van der Waals surface area contributed by atoms with E-state index in [2.05, 4.69) is 58.8 Å². The Kier molecular flexibility index (Phi) is 6.15. The molecule has 1 atom stereocenters. The molecule has 0 bridgehead atoms. The Bertz CT molecular complexity index is 438. The summed E-state index contributed by atoms with van der Waals surface area (Å²) in [5.74, 6) is 1.23. The van der Waals surface area contributed by atoms with Crippen molar-refractivity contribution < 1.29 is 0 Å². The zero-order valence-electron chi connectivity index (χ0n) is 13.8. The lowest BCUT2D eigenvalue weighted by Crippen LogP contribution is -2.37. The fourth-order valence-electron chi connectivity index (χ4n) is 3.03. The van der Waals surface area contributed by atoms with E-state index in [9.17, 15) is 0 Å². The Labute approximate surface area is 129 Å². The molecule has 1 aliphatic heterocycles. The highest BCUT2D eigenvalue weighted by molar-refractivity contribution is 4.98. The zero-order valence-corrected chi connectivity index (χ0v) is 13.8. The number of aromatic nitrogens is 2. The summed E-state index contributed by atoms with van der Waals surface area (Å²) in [6.07, 6.45) is 16.2. The lowest BCUT2D eigenvalue weighted by atomic mass is 10.2. The number of aryl methyl sites for hydroxylation is 2. The summed E-state index contributed by atoms with van der Waals surface area (Å²) in [6.45, 7) is 6.72. The quantitative estimate of drug-likeness (QED) is 0.651. The van der Waals surface area contributed by atoms with Crippen LogP contribution in [0.1, 0.15) is 51.8 Å². The average Bonchev–Trinajstić information content (AvgIpc) is 3.05. The number of imidazole rings is 1. The van der Waals surface area contributed by atoms with E-state index in [0.29, 0.717) is 6.17 Å². The Balaban J connectivity index is 1.86. The topological polar surface area (TPSA) is 24.3 Å². The van der Waals surface area contributed by atoms with Gasteiger partial charge in [-0.3, -0.25) is 0 Å². The lowest BCUT2D eigenvalue weighted by molar-refractivity contribution is 0.162. The summed E-state index contributed by atoms with van der Waals surface area (Å²) in [5, 5.41) is 0. The highest BCUT2D eigenvalue weighted by atomic mass is 15.4. The van der Waals surface area contributed by atoms with E-state index in [1.54, 1.807) is 0 Å². The van der Waals surface area contributed by atoms with Gasteiger partial charge in [0.25, 0.3) is 0 Å². The second-order valence-corrected chi connectivity index (χ2v) is 5.96. The van der Waals surface area contributed by atoms with Crippen molar-refractivity contribution in [1.29, 1.82) is 0 Å². The molecule has 118 valence electrons. The molecule has 21 heavy (non-hydrogen) atoms. The molecule has 0 aromatic carbocycles. The zero-order chi connectivity index (χ0) is 15.1. The first kappa shape index (κ1) is 15.9. The van der Waals surface area contributed by atoms with Crippen LogP contribution < -0.4 is 0 Å². The van der Waals surface area contributed by atoms with Crippen LogP contribution in [0.15, 0.2) is 24.8 Å². The number of nitrogens with zero attached hydrogens (tertiary/aromatic N) is 4. The van der Waals surface area contributed by atoms with Gasteiger partial charge in [-0.2, -0.15) is 0 Å². The molecular formula is C17H30N4. The first-order valence-corrected chi connectivity index (χ1v) is 8.42. The third kappa shape index (κ3) is 4.26. The van der Waals surface area contributed by atoms with Crippen molar-refractivity contribution in [2.24, 2.45) is 0 Å². The van der Waals surface area contributed by atoms with Crippen molar-refractivity contribution in [3.8, 4) is 0 Å². The summed E-state index contributed by atoms with van der Waals surface area (Å²) in [5.41, 5.74) is 0. The second kappa shape index (κ2) is 8.11. The molecule has 1 aromatic rings. The van der Waals surface area contributed by atoms with Crippen molar-refractivity contribution in [1.82, 2.24) is 19.4 Å². The molecule has 4 heteroatoms. The third-order valence-corrected chi connectivity index (χ3v) is 4.26. The normalized spacial score (nSPS) is 18.0. The maximum Gasteiger partial charge on any atom is 0.108 e. The largest absolute Gasteiger partial charge is 0.359 e. The molecule has 1 aromatic heterocycles. The van der Waals surface area contributed by atoms with E-state index >= 15 is 0 Å². The minimum absolute atomic E-state index is 0.494. The first-order valence-electron chi connectivity index (χ1n) is 8.42. The smallest absolute Gasteiger partial charge is 0.108 e. The molecule has 0 amide bonds.